The SMILES string of the molecule is CC(NC1CCCC1(C)C)c1nncn1C. The van der Waals surface area contributed by atoms with Crippen molar-refractivity contribution in [1.82, 2.24) is 20.1 Å². The smallest absolute Gasteiger partial charge is 0.149 e. The molecular formula is C12H22N4. The van der Waals surface area contributed by atoms with Gasteiger partial charge in [0.05, 0.1) is 6.04 Å². The van der Waals surface area contributed by atoms with Gasteiger partial charge in [0.1, 0.15) is 12.2 Å². The lowest BCUT2D eigenvalue weighted by Crippen LogP contribution is -2.39. The molecule has 2 unspecified atom stereocenters. The summed E-state index contributed by atoms with van der Waals surface area (Å²) in [6.45, 7) is 6.86. The highest BCUT2D eigenvalue weighted by Gasteiger charge is 2.35. The van der Waals surface area contributed by atoms with Crippen LogP contribution in [0.5, 0.6) is 0 Å². The van der Waals surface area contributed by atoms with Crippen molar-refractivity contribution >= 4 is 0 Å². The van der Waals surface area contributed by atoms with Gasteiger partial charge in [-0.15, -0.1) is 10.2 Å². The van der Waals surface area contributed by atoms with Crippen molar-refractivity contribution in [3.05, 3.63) is 12.2 Å². The van der Waals surface area contributed by atoms with Crippen molar-refractivity contribution in [1.29, 1.82) is 0 Å². The molecule has 0 amide bonds. The molecule has 1 N–H and O–H groups in total. The van der Waals surface area contributed by atoms with E-state index in [1.807, 2.05) is 11.6 Å². The van der Waals surface area contributed by atoms with Crippen molar-refractivity contribution in [3.8, 4) is 0 Å². The van der Waals surface area contributed by atoms with Gasteiger partial charge in [-0.05, 0) is 25.2 Å². The Kier molecular flexibility index (Phi) is 3.02. The molecule has 1 saturated carbocycles. The molecule has 0 spiro atoms. The lowest BCUT2D eigenvalue weighted by atomic mass is 9.87. The van der Waals surface area contributed by atoms with Gasteiger partial charge in [-0.1, -0.05) is 20.3 Å². The molecule has 0 aliphatic heterocycles. The fraction of sp³-hybridized carbons (Fsp3) is 0.833. The van der Waals surface area contributed by atoms with Crippen LogP contribution in [0.4, 0.5) is 0 Å². The summed E-state index contributed by atoms with van der Waals surface area (Å²) < 4.78 is 1.99. The first kappa shape index (κ1) is 11.6. The van der Waals surface area contributed by atoms with Crippen LogP contribution < -0.4 is 5.32 Å². The molecule has 2 rings (SSSR count). The molecule has 4 heteroatoms. The first-order chi connectivity index (χ1) is 7.50. The quantitative estimate of drug-likeness (QED) is 0.851. The van der Waals surface area contributed by atoms with E-state index in [1.165, 1.54) is 19.3 Å². The van der Waals surface area contributed by atoms with Gasteiger partial charge in [-0.2, -0.15) is 0 Å². The number of hydrogen-bond donors (Lipinski definition) is 1. The summed E-state index contributed by atoms with van der Waals surface area (Å²) in [5.74, 6) is 1.02. The van der Waals surface area contributed by atoms with Crippen LogP contribution in [-0.4, -0.2) is 20.8 Å². The topological polar surface area (TPSA) is 42.7 Å². The zero-order chi connectivity index (χ0) is 11.8. The molecule has 2 atom stereocenters. The molecule has 0 radical (unpaired) electrons. The van der Waals surface area contributed by atoms with E-state index < -0.39 is 0 Å². The third kappa shape index (κ3) is 2.12. The largest absolute Gasteiger partial charge is 0.319 e. The van der Waals surface area contributed by atoms with Crippen molar-refractivity contribution < 1.29 is 0 Å². The minimum absolute atomic E-state index is 0.273. The molecule has 1 aliphatic rings. The molecule has 1 fully saturated rings. The maximum absolute atomic E-state index is 4.16. The minimum Gasteiger partial charge on any atom is -0.319 e. The Morgan fingerprint density at radius 1 is 1.56 bits per heavy atom. The first-order valence-corrected chi connectivity index (χ1v) is 6.10. The predicted molar refractivity (Wildman–Crippen MR) is 64.0 cm³/mol. The Morgan fingerprint density at radius 3 is 2.81 bits per heavy atom. The van der Waals surface area contributed by atoms with Gasteiger partial charge in [0.25, 0.3) is 0 Å². The molecule has 1 aromatic heterocycles. The maximum Gasteiger partial charge on any atom is 0.149 e. The average molecular weight is 222 g/mol. The first-order valence-electron chi connectivity index (χ1n) is 6.10. The lowest BCUT2D eigenvalue weighted by Gasteiger charge is -2.30. The molecule has 1 aromatic rings. The monoisotopic (exact) mass is 222 g/mol. The Morgan fingerprint density at radius 2 is 2.31 bits per heavy atom. The van der Waals surface area contributed by atoms with E-state index in [2.05, 4.69) is 36.3 Å². The van der Waals surface area contributed by atoms with Gasteiger partial charge in [-0.25, -0.2) is 0 Å². The lowest BCUT2D eigenvalue weighted by molar-refractivity contribution is 0.262. The van der Waals surface area contributed by atoms with E-state index in [4.69, 9.17) is 0 Å². The molecule has 16 heavy (non-hydrogen) atoms. The second kappa shape index (κ2) is 4.17. The maximum atomic E-state index is 4.16. The van der Waals surface area contributed by atoms with Crippen molar-refractivity contribution in [2.24, 2.45) is 12.5 Å². The minimum atomic E-state index is 0.273. The third-order valence-corrected chi connectivity index (χ3v) is 3.84. The number of rotatable bonds is 3. The molecular weight excluding hydrogens is 200 g/mol. The molecule has 0 saturated heterocycles. The number of nitrogens with zero attached hydrogens (tertiary/aromatic N) is 3. The van der Waals surface area contributed by atoms with Gasteiger partial charge in [-0.3, -0.25) is 0 Å². The highest BCUT2D eigenvalue weighted by Crippen LogP contribution is 2.38. The fourth-order valence-electron chi connectivity index (χ4n) is 2.70. The van der Waals surface area contributed by atoms with E-state index in [1.54, 1.807) is 6.33 Å². The molecule has 90 valence electrons. The molecule has 0 aromatic carbocycles. The highest BCUT2D eigenvalue weighted by atomic mass is 15.3. The Hall–Kier alpha value is -0.900. The van der Waals surface area contributed by atoms with Gasteiger partial charge < -0.3 is 9.88 Å². The molecule has 1 heterocycles. The normalized spacial score (nSPS) is 25.9. The summed E-state index contributed by atoms with van der Waals surface area (Å²) in [6, 6.07) is 0.870. The van der Waals surface area contributed by atoms with E-state index in [9.17, 15) is 0 Å². The highest BCUT2D eigenvalue weighted by molar-refractivity contribution is 4.97. The predicted octanol–water partition coefficient (Wildman–Crippen LogP) is 2.04. The average Bonchev–Trinajstić information content (AvgIpc) is 2.74. The molecule has 4 nitrogen and oxygen atoms in total. The van der Waals surface area contributed by atoms with E-state index in [0.29, 0.717) is 11.5 Å². The fourth-order valence-corrected chi connectivity index (χ4v) is 2.70. The van der Waals surface area contributed by atoms with E-state index in [-0.39, 0.29) is 6.04 Å². The van der Waals surface area contributed by atoms with Crippen LogP contribution in [0.1, 0.15) is 51.9 Å². The van der Waals surface area contributed by atoms with Crippen LogP contribution in [0.25, 0.3) is 0 Å². The number of aromatic nitrogens is 3. The van der Waals surface area contributed by atoms with Crippen LogP contribution >= 0.6 is 0 Å². The Labute approximate surface area is 97.5 Å². The summed E-state index contributed by atoms with van der Waals surface area (Å²) >= 11 is 0. The van der Waals surface area contributed by atoms with Crippen molar-refractivity contribution in [2.75, 3.05) is 0 Å². The van der Waals surface area contributed by atoms with Gasteiger partial charge in [0, 0.05) is 13.1 Å². The summed E-state index contributed by atoms with van der Waals surface area (Å²) in [7, 11) is 1.99. The van der Waals surface area contributed by atoms with Crippen LogP contribution in [0.15, 0.2) is 6.33 Å². The zero-order valence-electron chi connectivity index (χ0n) is 10.7. The van der Waals surface area contributed by atoms with Crippen molar-refractivity contribution in [2.45, 2.75) is 52.1 Å². The standard InChI is InChI=1S/C12H22N4/c1-9(11-15-13-8-16(11)4)14-10-6-5-7-12(10,2)3/h8-10,14H,5-7H2,1-4H3. The zero-order valence-corrected chi connectivity index (χ0v) is 10.7. The van der Waals surface area contributed by atoms with Crippen molar-refractivity contribution in [3.63, 3.8) is 0 Å². The van der Waals surface area contributed by atoms with Crippen LogP contribution in [0.3, 0.4) is 0 Å². The second-order valence-electron chi connectivity index (χ2n) is 5.62. The summed E-state index contributed by atoms with van der Waals surface area (Å²) in [4.78, 5) is 0. The Balaban J connectivity index is 2.03. The van der Waals surface area contributed by atoms with Crippen LogP contribution in [0.2, 0.25) is 0 Å². The molecule has 0 bridgehead atoms. The Bertz CT molecular complexity index is 356. The van der Waals surface area contributed by atoms with E-state index >= 15 is 0 Å². The van der Waals surface area contributed by atoms with Crippen LogP contribution in [-0.2, 0) is 7.05 Å². The third-order valence-electron chi connectivity index (χ3n) is 3.84. The van der Waals surface area contributed by atoms with Gasteiger partial charge >= 0.3 is 0 Å². The van der Waals surface area contributed by atoms with E-state index in [0.717, 1.165) is 5.82 Å². The summed E-state index contributed by atoms with van der Waals surface area (Å²) in [5.41, 5.74) is 0.410. The number of hydrogen-bond acceptors (Lipinski definition) is 3. The summed E-state index contributed by atoms with van der Waals surface area (Å²) in [6.07, 6.45) is 5.68. The van der Waals surface area contributed by atoms with Gasteiger partial charge in [0.15, 0.2) is 0 Å². The van der Waals surface area contributed by atoms with Crippen LogP contribution in [0, 0.1) is 5.41 Å². The molecule has 1 aliphatic carbocycles. The number of nitrogens with one attached hydrogen (secondary N) is 1. The summed E-state index contributed by atoms with van der Waals surface area (Å²) in [5, 5.41) is 11.8. The number of aryl methyl sites for hydroxylation is 1. The van der Waals surface area contributed by atoms with Gasteiger partial charge in [0.2, 0.25) is 0 Å². The second-order valence-corrected chi connectivity index (χ2v) is 5.62.